The fourth-order valence-corrected chi connectivity index (χ4v) is 2.30. The zero-order valence-electron chi connectivity index (χ0n) is 14.5. The van der Waals surface area contributed by atoms with Crippen molar-refractivity contribution in [2.45, 2.75) is 39.3 Å². The Morgan fingerprint density at radius 2 is 2.16 bits per heavy atom. The molecule has 138 valence electrons. The Bertz CT molecular complexity index is 680. The number of nitrogens with zero attached hydrogens (tertiary/aromatic N) is 2. The summed E-state index contributed by atoms with van der Waals surface area (Å²) in [5, 5.41) is 30.9. The summed E-state index contributed by atoms with van der Waals surface area (Å²) in [6.45, 7) is 5.20. The highest BCUT2D eigenvalue weighted by molar-refractivity contribution is 5.92. The van der Waals surface area contributed by atoms with Crippen molar-refractivity contribution < 1.29 is 24.3 Å². The predicted octanol–water partition coefficient (Wildman–Crippen LogP) is 0.955. The van der Waals surface area contributed by atoms with Gasteiger partial charge in [0.15, 0.2) is 0 Å². The lowest BCUT2D eigenvalue weighted by atomic mass is 9.96. The van der Waals surface area contributed by atoms with E-state index in [9.17, 15) is 4.79 Å². The van der Waals surface area contributed by atoms with E-state index < -0.39 is 11.9 Å². The molecule has 2 aromatic heterocycles. The molecule has 0 aliphatic heterocycles. The average molecular weight is 352 g/mol. The van der Waals surface area contributed by atoms with Crippen molar-refractivity contribution in [2.75, 3.05) is 13.2 Å². The zero-order valence-corrected chi connectivity index (χ0v) is 14.5. The molecule has 9 nitrogen and oxygen atoms in total. The van der Waals surface area contributed by atoms with Gasteiger partial charge in [-0.05, 0) is 19.3 Å². The van der Waals surface area contributed by atoms with E-state index in [0.717, 1.165) is 12.0 Å². The number of aryl methyl sites for hydroxylation is 1. The smallest absolute Gasteiger partial charge is 0.269 e. The summed E-state index contributed by atoms with van der Waals surface area (Å²) in [5.74, 6) is 0.630. The van der Waals surface area contributed by atoms with Gasteiger partial charge in [-0.3, -0.25) is 9.89 Å². The molecule has 0 saturated heterocycles. The third kappa shape index (κ3) is 4.58. The number of rotatable bonds is 9. The van der Waals surface area contributed by atoms with Crippen LogP contribution in [0.5, 0.6) is 5.88 Å². The molecule has 2 unspecified atom stereocenters. The van der Waals surface area contributed by atoms with E-state index in [-0.39, 0.29) is 36.8 Å². The molecule has 4 N–H and O–H groups in total. The van der Waals surface area contributed by atoms with E-state index in [1.54, 1.807) is 6.20 Å². The largest absolute Gasteiger partial charge is 0.468 e. The predicted molar refractivity (Wildman–Crippen MR) is 88.1 cm³/mol. The van der Waals surface area contributed by atoms with Gasteiger partial charge in [-0.15, -0.1) is 5.10 Å². The van der Waals surface area contributed by atoms with Gasteiger partial charge < -0.3 is 24.8 Å². The average Bonchev–Trinajstić information content (AvgIpc) is 3.25. The standard InChI is InChI=1S/C16H24N4O5/c1-4-9(2)15(12-6-17-25-10(12)3)24-14-5-13(19-20-14)16(23)18-11(7-21)8-22/h5-6,9,11,15,21-22H,4,7-8H2,1-3H3,(H,18,23)(H,19,20). The van der Waals surface area contributed by atoms with E-state index in [0.29, 0.717) is 5.76 Å². The molecule has 0 spiro atoms. The molecule has 1 amide bonds. The van der Waals surface area contributed by atoms with Crippen molar-refractivity contribution >= 4 is 5.91 Å². The topological polar surface area (TPSA) is 134 Å². The summed E-state index contributed by atoms with van der Waals surface area (Å²) < 4.78 is 11.1. The summed E-state index contributed by atoms with van der Waals surface area (Å²) in [5.41, 5.74) is 1.01. The molecule has 0 aliphatic carbocycles. The van der Waals surface area contributed by atoms with E-state index in [1.165, 1.54) is 6.07 Å². The van der Waals surface area contributed by atoms with E-state index in [4.69, 9.17) is 19.5 Å². The number of carbonyl (C=O) groups is 1. The summed E-state index contributed by atoms with van der Waals surface area (Å²) in [7, 11) is 0. The SMILES string of the molecule is CCC(C)C(Oc1cc(C(=O)NC(CO)CO)[nH]n1)c1cnoc1C. The van der Waals surface area contributed by atoms with Crippen molar-refractivity contribution in [3.63, 3.8) is 0 Å². The Labute approximate surface area is 145 Å². The van der Waals surface area contributed by atoms with Crippen molar-refractivity contribution in [1.29, 1.82) is 0 Å². The van der Waals surface area contributed by atoms with Crippen LogP contribution in [0.3, 0.4) is 0 Å². The number of ether oxygens (including phenoxy) is 1. The minimum Gasteiger partial charge on any atom is -0.468 e. The lowest BCUT2D eigenvalue weighted by molar-refractivity contribution is 0.0874. The molecule has 2 aromatic rings. The fourth-order valence-electron chi connectivity index (χ4n) is 2.30. The molecule has 0 fully saturated rings. The molecule has 0 bridgehead atoms. The third-order valence-corrected chi connectivity index (χ3v) is 4.08. The number of H-pyrrole nitrogens is 1. The summed E-state index contributed by atoms with van der Waals surface area (Å²) in [6.07, 6.45) is 2.19. The van der Waals surface area contributed by atoms with Crippen LogP contribution in [-0.2, 0) is 0 Å². The molecule has 0 aromatic carbocycles. The monoisotopic (exact) mass is 352 g/mol. The van der Waals surface area contributed by atoms with Gasteiger partial charge >= 0.3 is 0 Å². The van der Waals surface area contributed by atoms with Crippen LogP contribution in [-0.4, -0.2) is 50.7 Å². The van der Waals surface area contributed by atoms with Gasteiger partial charge in [-0.1, -0.05) is 19.0 Å². The molecule has 9 heteroatoms. The fraction of sp³-hybridized carbons (Fsp3) is 0.562. The first-order valence-corrected chi connectivity index (χ1v) is 8.15. The molecule has 0 aliphatic rings. The highest BCUT2D eigenvalue weighted by Gasteiger charge is 2.26. The van der Waals surface area contributed by atoms with Crippen molar-refractivity contribution in [3.05, 3.63) is 29.3 Å². The normalized spacial score (nSPS) is 13.7. The number of amides is 1. The second-order valence-electron chi connectivity index (χ2n) is 5.92. The van der Waals surface area contributed by atoms with Crippen LogP contribution in [0.1, 0.15) is 48.2 Å². The minimum atomic E-state index is -0.729. The van der Waals surface area contributed by atoms with Gasteiger partial charge in [0.1, 0.15) is 17.6 Å². The van der Waals surface area contributed by atoms with Crippen LogP contribution < -0.4 is 10.1 Å². The van der Waals surface area contributed by atoms with Crippen molar-refractivity contribution in [1.82, 2.24) is 20.7 Å². The summed E-state index contributed by atoms with van der Waals surface area (Å²) >= 11 is 0. The number of hydrogen-bond acceptors (Lipinski definition) is 7. The van der Waals surface area contributed by atoms with Gasteiger partial charge in [-0.2, -0.15) is 0 Å². The number of aliphatic hydroxyl groups excluding tert-OH is 2. The highest BCUT2D eigenvalue weighted by atomic mass is 16.5. The lowest BCUT2D eigenvalue weighted by Gasteiger charge is -2.22. The first kappa shape index (κ1) is 18.9. The van der Waals surface area contributed by atoms with Gasteiger partial charge in [0.2, 0.25) is 5.88 Å². The Morgan fingerprint density at radius 3 is 2.72 bits per heavy atom. The maximum absolute atomic E-state index is 12.1. The van der Waals surface area contributed by atoms with Gasteiger partial charge in [0.05, 0.1) is 31.0 Å². The van der Waals surface area contributed by atoms with Crippen LogP contribution >= 0.6 is 0 Å². The second-order valence-corrected chi connectivity index (χ2v) is 5.92. The van der Waals surface area contributed by atoms with Gasteiger partial charge in [0, 0.05) is 6.07 Å². The number of nitrogens with one attached hydrogen (secondary N) is 2. The number of aliphatic hydroxyl groups is 2. The lowest BCUT2D eigenvalue weighted by Crippen LogP contribution is -2.40. The van der Waals surface area contributed by atoms with Crippen molar-refractivity contribution in [2.24, 2.45) is 5.92 Å². The third-order valence-electron chi connectivity index (χ3n) is 4.08. The minimum absolute atomic E-state index is 0.173. The molecule has 0 saturated carbocycles. The van der Waals surface area contributed by atoms with Crippen LogP contribution in [0.4, 0.5) is 0 Å². The number of carbonyl (C=O) groups excluding carboxylic acids is 1. The van der Waals surface area contributed by atoms with Crippen molar-refractivity contribution in [3.8, 4) is 5.88 Å². The molecular weight excluding hydrogens is 328 g/mol. The quantitative estimate of drug-likeness (QED) is 0.528. The van der Waals surface area contributed by atoms with Crippen LogP contribution in [0, 0.1) is 12.8 Å². The zero-order chi connectivity index (χ0) is 18.4. The van der Waals surface area contributed by atoms with E-state index in [1.807, 2.05) is 13.8 Å². The van der Waals surface area contributed by atoms with Crippen LogP contribution in [0.15, 0.2) is 16.8 Å². The molecule has 2 rings (SSSR count). The first-order chi connectivity index (χ1) is 12.0. The van der Waals surface area contributed by atoms with Gasteiger partial charge in [0.25, 0.3) is 5.91 Å². The number of aromatic amines is 1. The molecule has 2 heterocycles. The molecule has 0 radical (unpaired) electrons. The molecule has 2 atom stereocenters. The summed E-state index contributed by atoms with van der Waals surface area (Å²) in [4.78, 5) is 12.1. The Morgan fingerprint density at radius 1 is 1.44 bits per heavy atom. The maximum Gasteiger partial charge on any atom is 0.269 e. The highest BCUT2D eigenvalue weighted by Crippen LogP contribution is 2.31. The molecule has 25 heavy (non-hydrogen) atoms. The van der Waals surface area contributed by atoms with E-state index in [2.05, 4.69) is 27.6 Å². The van der Waals surface area contributed by atoms with Gasteiger partial charge in [-0.25, -0.2) is 0 Å². The second kappa shape index (κ2) is 8.63. The Hall–Kier alpha value is -2.39. The number of aromatic nitrogens is 3. The van der Waals surface area contributed by atoms with Crippen LogP contribution in [0.25, 0.3) is 0 Å². The van der Waals surface area contributed by atoms with E-state index >= 15 is 0 Å². The Balaban J connectivity index is 2.12. The maximum atomic E-state index is 12.1. The Kier molecular flexibility index (Phi) is 6.54. The van der Waals surface area contributed by atoms with Crippen LogP contribution in [0.2, 0.25) is 0 Å². The first-order valence-electron chi connectivity index (χ1n) is 8.15. The number of hydrogen-bond donors (Lipinski definition) is 4. The molecular formula is C16H24N4O5. The summed E-state index contributed by atoms with van der Waals surface area (Å²) in [6, 6.07) is 0.743.